The van der Waals surface area contributed by atoms with Gasteiger partial charge in [0, 0.05) is 5.69 Å². The van der Waals surface area contributed by atoms with Crippen LogP contribution in [-0.2, 0) is 0 Å². The Kier molecular flexibility index (Phi) is 3.59. The number of nitrogens with zero attached hydrogens (tertiary/aromatic N) is 2. The van der Waals surface area contributed by atoms with E-state index in [9.17, 15) is 4.79 Å². The van der Waals surface area contributed by atoms with Gasteiger partial charge in [0.2, 0.25) is 0 Å². The number of ketones is 1. The number of aryl methyl sites for hydroxylation is 1. The number of hydrogen-bond donors (Lipinski definition) is 0. The van der Waals surface area contributed by atoms with Gasteiger partial charge < -0.3 is 0 Å². The molecule has 5 heteroatoms. The molecule has 0 saturated carbocycles. The lowest BCUT2D eigenvalue weighted by Crippen LogP contribution is -2.18. The summed E-state index contributed by atoms with van der Waals surface area (Å²) in [5, 5.41) is 4.43. The third kappa shape index (κ3) is 2.22. The van der Waals surface area contributed by atoms with Gasteiger partial charge in [0.1, 0.15) is 6.04 Å². The molecule has 0 saturated heterocycles. The van der Waals surface area contributed by atoms with Crippen LogP contribution in [0.2, 0.25) is 4.34 Å². The van der Waals surface area contributed by atoms with Crippen molar-refractivity contribution >= 4 is 28.7 Å². The molecule has 1 atom stereocenters. The molecule has 96 valence electrons. The molecule has 0 aliphatic rings. The number of carbonyl (C=O) groups excluding carboxylic acids is 1. The van der Waals surface area contributed by atoms with Crippen LogP contribution in [0.4, 0.5) is 0 Å². The lowest BCUT2D eigenvalue weighted by Gasteiger charge is -2.12. The van der Waals surface area contributed by atoms with Crippen LogP contribution in [0.3, 0.4) is 0 Å². The van der Waals surface area contributed by atoms with Gasteiger partial charge in [-0.15, -0.1) is 11.3 Å². The zero-order valence-electron chi connectivity index (χ0n) is 10.8. The van der Waals surface area contributed by atoms with E-state index in [-0.39, 0.29) is 11.8 Å². The number of aromatic nitrogens is 2. The van der Waals surface area contributed by atoms with Gasteiger partial charge >= 0.3 is 0 Å². The lowest BCUT2D eigenvalue weighted by atomic mass is 10.1. The third-order valence-corrected chi connectivity index (χ3v) is 4.49. The predicted octanol–water partition coefficient (Wildman–Crippen LogP) is 3.97. The summed E-state index contributed by atoms with van der Waals surface area (Å²) in [4.78, 5) is 13.0. The molecule has 0 amide bonds. The Balaban J connectivity index is 2.34. The van der Waals surface area contributed by atoms with Crippen molar-refractivity contribution in [2.75, 3.05) is 0 Å². The van der Waals surface area contributed by atoms with Crippen LogP contribution in [-0.4, -0.2) is 15.6 Å². The molecular weight excluding hydrogens is 268 g/mol. The van der Waals surface area contributed by atoms with E-state index in [0.29, 0.717) is 9.21 Å². The molecular formula is C13H15ClN2OS. The first-order valence-electron chi connectivity index (χ1n) is 5.73. The van der Waals surface area contributed by atoms with Crippen molar-refractivity contribution in [2.45, 2.75) is 33.7 Å². The number of halogens is 1. The van der Waals surface area contributed by atoms with E-state index in [1.807, 2.05) is 27.7 Å². The number of carbonyl (C=O) groups is 1. The van der Waals surface area contributed by atoms with Crippen LogP contribution in [0.5, 0.6) is 0 Å². The third-order valence-electron chi connectivity index (χ3n) is 3.25. The van der Waals surface area contributed by atoms with Crippen LogP contribution in [0.15, 0.2) is 12.1 Å². The first kappa shape index (κ1) is 13.3. The van der Waals surface area contributed by atoms with Gasteiger partial charge in [0.15, 0.2) is 5.78 Å². The van der Waals surface area contributed by atoms with Gasteiger partial charge in [0.05, 0.1) is 14.9 Å². The summed E-state index contributed by atoms with van der Waals surface area (Å²) in [7, 11) is 0. The minimum atomic E-state index is -0.299. The maximum Gasteiger partial charge on any atom is 0.197 e. The fourth-order valence-corrected chi connectivity index (χ4v) is 2.95. The van der Waals surface area contributed by atoms with E-state index in [2.05, 4.69) is 5.10 Å². The number of thiophene rings is 1. The molecule has 0 aromatic carbocycles. The van der Waals surface area contributed by atoms with Gasteiger partial charge in [-0.25, -0.2) is 0 Å². The molecule has 0 bridgehead atoms. The number of rotatable bonds is 3. The van der Waals surface area contributed by atoms with Crippen LogP contribution in [0, 0.1) is 20.8 Å². The highest BCUT2D eigenvalue weighted by Gasteiger charge is 2.22. The van der Waals surface area contributed by atoms with Crippen molar-refractivity contribution in [1.29, 1.82) is 0 Å². The van der Waals surface area contributed by atoms with E-state index in [4.69, 9.17) is 11.6 Å². The van der Waals surface area contributed by atoms with Crippen molar-refractivity contribution in [2.24, 2.45) is 0 Å². The topological polar surface area (TPSA) is 34.9 Å². The molecule has 3 nitrogen and oxygen atoms in total. The molecule has 0 aliphatic carbocycles. The summed E-state index contributed by atoms with van der Waals surface area (Å²) in [5.41, 5.74) is 3.14. The Bertz CT molecular complexity index is 600. The average Bonchev–Trinajstić information content (AvgIpc) is 2.87. The maximum absolute atomic E-state index is 12.3. The van der Waals surface area contributed by atoms with Gasteiger partial charge in [-0.05, 0) is 45.4 Å². The first-order chi connectivity index (χ1) is 8.41. The van der Waals surface area contributed by atoms with Gasteiger partial charge in [0.25, 0.3) is 0 Å². The summed E-state index contributed by atoms with van der Waals surface area (Å²) in [6.45, 7) is 7.83. The average molecular weight is 283 g/mol. The summed E-state index contributed by atoms with van der Waals surface area (Å²) >= 11 is 7.17. The minimum Gasteiger partial charge on any atom is -0.291 e. The summed E-state index contributed by atoms with van der Waals surface area (Å²) in [6, 6.07) is 3.22. The Labute approximate surface area is 115 Å². The second-order valence-corrected chi connectivity index (χ2v) is 6.10. The normalized spacial score (nSPS) is 12.7. The summed E-state index contributed by atoms with van der Waals surface area (Å²) in [6.07, 6.45) is 0. The highest BCUT2D eigenvalue weighted by molar-refractivity contribution is 7.18. The highest BCUT2D eigenvalue weighted by Crippen LogP contribution is 2.26. The second kappa shape index (κ2) is 4.86. The van der Waals surface area contributed by atoms with Crippen molar-refractivity contribution in [3.05, 3.63) is 38.3 Å². The zero-order chi connectivity index (χ0) is 13.4. The van der Waals surface area contributed by atoms with Crippen molar-refractivity contribution in [1.82, 2.24) is 9.78 Å². The zero-order valence-corrected chi connectivity index (χ0v) is 12.4. The van der Waals surface area contributed by atoms with E-state index in [0.717, 1.165) is 17.0 Å². The largest absolute Gasteiger partial charge is 0.291 e. The van der Waals surface area contributed by atoms with Crippen molar-refractivity contribution in [3.8, 4) is 0 Å². The molecule has 0 N–H and O–H groups in total. The molecule has 0 aliphatic heterocycles. The Morgan fingerprint density at radius 2 is 2.06 bits per heavy atom. The van der Waals surface area contributed by atoms with E-state index >= 15 is 0 Å². The SMILES string of the molecule is Cc1nn(C(C)C(=O)c2ccc(Cl)s2)c(C)c1C. The first-order valence-corrected chi connectivity index (χ1v) is 6.93. The molecule has 1 unspecified atom stereocenters. The van der Waals surface area contributed by atoms with Gasteiger partial charge in [-0.2, -0.15) is 5.10 Å². The summed E-state index contributed by atoms with van der Waals surface area (Å²) < 4.78 is 2.43. The Morgan fingerprint density at radius 1 is 1.39 bits per heavy atom. The lowest BCUT2D eigenvalue weighted by molar-refractivity contribution is 0.0930. The van der Waals surface area contributed by atoms with E-state index < -0.39 is 0 Å². The standard InChI is InChI=1S/C13H15ClN2OS/c1-7-8(2)15-16(9(7)3)10(4)13(17)11-5-6-12(14)18-11/h5-6,10H,1-4H3. The van der Waals surface area contributed by atoms with Gasteiger partial charge in [-0.1, -0.05) is 11.6 Å². The minimum absolute atomic E-state index is 0.0532. The van der Waals surface area contributed by atoms with E-state index in [1.165, 1.54) is 11.3 Å². The van der Waals surface area contributed by atoms with Crippen LogP contribution >= 0.6 is 22.9 Å². The highest BCUT2D eigenvalue weighted by atomic mass is 35.5. The van der Waals surface area contributed by atoms with Crippen LogP contribution < -0.4 is 0 Å². The molecule has 2 heterocycles. The quantitative estimate of drug-likeness (QED) is 0.799. The van der Waals surface area contributed by atoms with Crippen molar-refractivity contribution in [3.63, 3.8) is 0 Å². The van der Waals surface area contributed by atoms with E-state index in [1.54, 1.807) is 16.8 Å². The Morgan fingerprint density at radius 3 is 2.50 bits per heavy atom. The monoisotopic (exact) mass is 282 g/mol. The van der Waals surface area contributed by atoms with Crippen LogP contribution in [0.25, 0.3) is 0 Å². The maximum atomic E-state index is 12.3. The molecule has 18 heavy (non-hydrogen) atoms. The number of hydrogen-bond acceptors (Lipinski definition) is 3. The van der Waals surface area contributed by atoms with Gasteiger partial charge in [-0.3, -0.25) is 9.48 Å². The second-order valence-electron chi connectivity index (χ2n) is 4.38. The van der Waals surface area contributed by atoms with Crippen molar-refractivity contribution < 1.29 is 4.79 Å². The Hall–Kier alpha value is -1.13. The smallest absolute Gasteiger partial charge is 0.197 e. The fraction of sp³-hybridized carbons (Fsp3) is 0.385. The van der Waals surface area contributed by atoms with Crippen LogP contribution in [0.1, 0.15) is 39.6 Å². The molecule has 2 aromatic heterocycles. The predicted molar refractivity (Wildman–Crippen MR) is 74.8 cm³/mol. The molecule has 0 radical (unpaired) electrons. The molecule has 2 aromatic rings. The molecule has 2 rings (SSSR count). The molecule has 0 spiro atoms. The number of Topliss-reactive ketones (excluding diaryl/α,β-unsaturated/α-hetero) is 1. The molecule has 0 fully saturated rings. The summed E-state index contributed by atoms with van der Waals surface area (Å²) in [5.74, 6) is 0.0532. The fourth-order valence-electron chi connectivity index (χ4n) is 1.89.